The van der Waals surface area contributed by atoms with Crippen molar-refractivity contribution < 1.29 is 9.47 Å². The van der Waals surface area contributed by atoms with Crippen LogP contribution in [0.4, 0.5) is 5.69 Å². The van der Waals surface area contributed by atoms with Gasteiger partial charge in [0, 0.05) is 16.6 Å². The smallest absolute Gasteiger partial charge is 0.231 e. The maximum Gasteiger partial charge on any atom is 0.231 e. The van der Waals surface area contributed by atoms with Crippen LogP contribution in [-0.2, 0) is 6.54 Å². The number of aryl methyl sites for hydroxylation is 2. The fraction of sp³-hybridized carbons (Fsp3) is 0.308. The summed E-state index contributed by atoms with van der Waals surface area (Å²) >= 11 is 1.73. The lowest BCUT2D eigenvalue weighted by Crippen LogP contribution is -1.98. The first-order valence-electron chi connectivity index (χ1n) is 5.79. The zero-order valence-electron chi connectivity index (χ0n) is 10.3. The fourth-order valence-electron chi connectivity index (χ4n) is 1.93. The van der Waals surface area contributed by atoms with E-state index in [4.69, 9.17) is 9.47 Å². The molecule has 0 spiro atoms. The van der Waals surface area contributed by atoms with Crippen LogP contribution in [0.5, 0.6) is 11.5 Å². The molecule has 4 nitrogen and oxygen atoms in total. The summed E-state index contributed by atoms with van der Waals surface area (Å²) in [6, 6.07) is 5.89. The van der Waals surface area contributed by atoms with Crippen molar-refractivity contribution in [2.75, 3.05) is 12.1 Å². The molecule has 0 fully saturated rings. The summed E-state index contributed by atoms with van der Waals surface area (Å²) in [6.45, 7) is 5.17. The van der Waals surface area contributed by atoms with Crippen LogP contribution in [0.1, 0.15) is 15.6 Å². The quantitative estimate of drug-likeness (QED) is 0.923. The second-order valence-electron chi connectivity index (χ2n) is 4.16. The van der Waals surface area contributed by atoms with Crippen molar-refractivity contribution in [3.63, 3.8) is 0 Å². The minimum Gasteiger partial charge on any atom is -0.454 e. The lowest BCUT2D eigenvalue weighted by Gasteiger charge is -2.06. The molecular weight excluding hydrogens is 248 g/mol. The highest BCUT2D eigenvalue weighted by Gasteiger charge is 2.13. The number of rotatable bonds is 3. The van der Waals surface area contributed by atoms with Crippen molar-refractivity contribution in [3.05, 3.63) is 33.8 Å². The summed E-state index contributed by atoms with van der Waals surface area (Å²) in [6.07, 6.45) is 0. The van der Waals surface area contributed by atoms with Crippen LogP contribution in [-0.4, -0.2) is 11.8 Å². The van der Waals surface area contributed by atoms with Crippen LogP contribution in [0.3, 0.4) is 0 Å². The third-order valence-electron chi connectivity index (χ3n) is 2.83. The number of nitrogens with zero attached hydrogens (tertiary/aromatic N) is 1. The third kappa shape index (κ3) is 2.13. The summed E-state index contributed by atoms with van der Waals surface area (Å²) in [5.41, 5.74) is 2.13. The van der Waals surface area contributed by atoms with E-state index in [1.807, 2.05) is 32.0 Å². The highest BCUT2D eigenvalue weighted by atomic mass is 32.1. The first kappa shape index (κ1) is 11.3. The first-order valence-corrected chi connectivity index (χ1v) is 6.60. The van der Waals surface area contributed by atoms with Gasteiger partial charge >= 0.3 is 0 Å². The molecule has 0 radical (unpaired) electrons. The third-order valence-corrected chi connectivity index (χ3v) is 3.90. The van der Waals surface area contributed by atoms with Crippen LogP contribution in [0.25, 0.3) is 0 Å². The van der Waals surface area contributed by atoms with Gasteiger partial charge in [0.15, 0.2) is 11.5 Å². The molecule has 0 saturated heterocycles. The van der Waals surface area contributed by atoms with Gasteiger partial charge in [0.05, 0.1) is 17.2 Å². The standard InChI is InChI=1S/C13H14N2O2S/c1-8-13(18-9(2)15-8)6-14-10-3-4-11-12(5-10)17-7-16-11/h3-5,14H,6-7H2,1-2H3. The molecule has 3 rings (SSSR count). The van der Waals surface area contributed by atoms with Crippen molar-refractivity contribution in [3.8, 4) is 11.5 Å². The van der Waals surface area contributed by atoms with E-state index < -0.39 is 0 Å². The van der Waals surface area contributed by atoms with Gasteiger partial charge in [-0.25, -0.2) is 4.98 Å². The van der Waals surface area contributed by atoms with Crippen LogP contribution in [0.2, 0.25) is 0 Å². The van der Waals surface area contributed by atoms with Crippen molar-refractivity contribution >= 4 is 17.0 Å². The summed E-state index contributed by atoms with van der Waals surface area (Å²) < 4.78 is 10.6. The summed E-state index contributed by atoms with van der Waals surface area (Å²) in [4.78, 5) is 5.68. The lowest BCUT2D eigenvalue weighted by atomic mass is 10.2. The number of benzene rings is 1. The number of fused-ring (bicyclic) bond motifs is 1. The SMILES string of the molecule is Cc1nc(C)c(CNc2ccc3c(c2)OCO3)s1. The molecule has 0 atom stereocenters. The molecule has 0 bridgehead atoms. The van der Waals surface area contributed by atoms with Gasteiger partial charge in [-0.1, -0.05) is 0 Å². The first-order chi connectivity index (χ1) is 8.72. The molecule has 2 aromatic rings. The molecular formula is C13H14N2O2S. The van der Waals surface area contributed by atoms with Crippen LogP contribution >= 0.6 is 11.3 Å². The van der Waals surface area contributed by atoms with E-state index in [1.165, 1.54) is 4.88 Å². The van der Waals surface area contributed by atoms with Gasteiger partial charge < -0.3 is 14.8 Å². The van der Waals surface area contributed by atoms with E-state index in [-0.39, 0.29) is 0 Å². The number of hydrogen-bond donors (Lipinski definition) is 1. The number of thiazole rings is 1. The Balaban J connectivity index is 1.72. The molecule has 1 aromatic carbocycles. The molecule has 5 heteroatoms. The summed E-state index contributed by atoms with van der Waals surface area (Å²) in [5.74, 6) is 1.61. The van der Waals surface area contributed by atoms with Crippen molar-refractivity contribution in [1.82, 2.24) is 4.98 Å². The predicted octanol–water partition coefficient (Wildman–Crippen LogP) is 3.10. The van der Waals surface area contributed by atoms with E-state index in [1.54, 1.807) is 11.3 Å². The molecule has 18 heavy (non-hydrogen) atoms. The van der Waals surface area contributed by atoms with E-state index in [0.29, 0.717) is 6.79 Å². The van der Waals surface area contributed by atoms with Gasteiger partial charge in [-0.3, -0.25) is 0 Å². The number of ether oxygens (including phenoxy) is 2. The second kappa shape index (κ2) is 4.49. The molecule has 0 unspecified atom stereocenters. The van der Waals surface area contributed by atoms with Gasteiger partial charge in [-0.05, 0) is 26.0 Å². The molecule has 0 saturated carbocycles. The summed E-state index contributed by atoms with van der Waals surface area (Å²) in [5, 5.41) is 4.49. The van der Waals surface area contributed by atoms with Gasteiger partial charge in [0.1, 0.15) is 0 Å². The van der Waals surface area contributed by atoms with Crippen molar-refractivity contribution in [2.24, 2.45) is 0 Å². The second-order valence-corrected chi connectivity index (χ2v) is 5.45. The van der Waals surface area contributed by atoms with E-state index in [9.17, 15) is 0 Å². The normalized spacial score (nSPS) is 12.8. The molecule has 1 aliphatic heterocycles. The van der Waals surface area contributed by atoms with E-state index in [0.717, 1.165) is 34.4 Å². The van der Waals surface area contributed by atoms with Gasteiger partial charge in [0.2, 0.25) is 6.79 Å². The fourth-order valence-corrected chi connectivity index (χ4v) is 2.80. The Kier molecular flexibility index (Phi) is 2.83. The number of nitrogens with one attached hydrogen (secondary N) is 1. The predicted molar refractivity (Wildman–Crippen MR) is 71.5 cm³/mol. The van der Waals surface area contributed by atoms with Crippen molar-refractivity contribution in [2.45, 2.75) is 20.4 Å². The highest BCUT2D eigenvalue weighted by molar-refractivity contribution is 7.11. The van der Waals surface area contributed by atoms with Gasteiger partial charge in [-0.2, -0.15) is 0 Å². The Hall–Kier alpha value is -1.75. The number of aromatic nitrogens is 1. The molecule has 1 aromatic heterocycles. The Morgan fingerprint density at radius 3 is 2.89 bits per heavy atom. The Bertz CT molecular complexity index is 580. The van der Waals surface area contributed by atoms with E-state index >= 15 is 0 Å². The van der Waals surface area contributed by atoms with Crippen LogP contribution < -0.4 is 14.8 Å². The largest absolute Gasteiger partial charge is 0.454 e. The van der Waals surface area contributed by atoms with Gasteiger partial charge in [-0.15, -0.1) is 11.3 Å². The average Bonchev–Trinajstić information content (AvgIpc) is 2.92. The minimum atomic E-state index is 0.311. The minimum absolute atomic E-state index is 0.311. The Morgan fingerprint density at radius 2 is 2.11 bits per heavy atom. The Morgan fingerprint density at radius 1 is 1.28 bits per heavy atom. The lowest BCUT2D eigenvalue weighted by molar-refractivity contribution is 0.174. The van der Waals surface area contributed by atoms with Crippen LogP contribution in [0, 0.1) is 13.8 Å². The zero-order chi connectivity index (χ0) is 12.5. The molecule has 1 N–H and O–H groups in total. The topological polar surface area (TPSA) is 43.4 Å². The van der Waals surface area contributed by atoms with Crippen molar-refractivity contribution in [1.29, 1.82) is 0 Å². The molecule has 0 amide bonds. The van der Waals surface area contributed by atoms with Crippen LogP contribution in [0.15, 0.2) is 18.2 Å². The monoisotopic (exact) mass is 262 g/mol. The number of hydrogen-bond acceptors (Lipinski definition) is 5. The maximum atomic E-state index is 5.35. The molecule has 2 heterocycles. The van der Waals surface area contributed by atoms with Gasteiger partial charge in [0.25, 0.3) is 0 Å². The summed E-state index contributed by atoms with van der Waals surface area (Å²) in [7, 11) is 0. The number of anilines is 1. The molecule has 1 aliphatic rings. The zero-order valence-corrected chi connectivity index (χ0v) is 11.1. The molecule has 0 aliphatic carbocycles. The average molecular weight is 262 g/mol. The highest BCUT2D eigenvalue weighted by Crippen LogP contribution is 2.34. The Labute approximate surface area is 110 Å². The molecule has 94 valence electrons. The van der Waals surface area contributed by atoms with E-state index in [2.05, 4.69) is 10.3 Å². The maximum absolute atomic E-state index is 5.35.